The average Bonchev–Trinajstić information content (AvgIpc) is 2.81. The number of ether oxygens (including phenoxy) is 1. The summed E-state index contributed by atoms with van der Waals surface area (Å²) in [5, 5.41) is 13.7. The third-order valence-corrected chi connectivity index (χ3v) is 5.39. The predicted octanol–water partition coefficient (Wildman–Crippen LogP) is 4.40. The van der Waals surface area contributed by atoms with Crippen LogP contribution in [0.5, 0.6) is 5.75 Å². The van der Waals surface area contributed by atoms with E-state index in [4.69, 9.17) is 9.57 Å². The number of aliphatic hydroxyl groups excluding tert-OH is 1. The molecule has 0 aromatic heterocycles. The number of likely N-dealkylation sites (tertiary alicyclic amines) is 1. The van der Waals surface area contributed by atoms with E-state index in [2.05, 4.69) is 5.16 Å². The highest BCUT2D eigenvalue weighted by atomic mass is 19.4. The number of hydrogen-bond donors (Lipinski definition) is 1. The number of carbonyl (C=O) groups is 1. The summed E-state index contributed by atoms with van der Waals surface area (Å²) in [5.41, 5.74) is 1.37. The second-order valence-electron chi connectivity index (χ2n) is 7.78. The van der Waals surface area contributed by atoms with Crippen LogP contribution in [0.3, 0.4) is 0 Å². The van der Waals surface area contributed by atoms with Gasteiger partial charge in [0.15, 0.2) is 6.61 Å². The Kier molecular flexibility index (Phi) is 8.32. The molecule has 6 nitrogen and oxygen atoms in total. The number of nitrogens with zero attached hydrogens (tertiary/aromatic N) is 2. The van der Waals surface area contributed by atoms with Gasteiger partial charge in [0.2, 0.25) is 0 Å². The lowest BCUT2D eigenvalue weighted by Crippen LogP contribution is -2.42. The lowest BCUT2D eigenvalue weighted by molar-refractivity contribution is -0.137. The molecular formula is C24H27F3N2O4. The summed E-state index contributed by atoms with van der Waals surface area (Å²) in [6.45, 7) is 2.97. The van der Waals surface area contributed by atoms with E-state index in [1.807, 2.05) is 6.92 Å². The van der Waals surface area contributed by atoms with Gasteiger partial charge < -0.3 is 19.6 Å². The number of oxime groups is 1. The summed E-state index contributed by atoms with van der Waals surface area (Å²) >= 11 is 0. The third-order valence-electron chi connectivity index (χ3n) is 5.39. The van der Waals surface area contributed by atoms with Gasteiger partial charge in [0.05, 0.1) is 17.4 Å². The molecule has 1 amide bonds. The average molecular weight is 464 g/mol. The highest BCUT2D eigenvalue weighted by molar-refractivity contribution is 6.00. The number of aliphatic hydroxyl groups is 1. The molecule has 1 aliphatic heterocycles. The number of carbonyl (C=O) groups excluding carboxylic acids is 1. The fraction of sp³-hybridized carbons (Fsp3) is 0.417. The number of benzene rings is 2. The molecule has 3 rings (SSSR count). The van der Waals surface area contributed by atoms with Crippen molar-refractivity contribution in [2.45, 2.75) is 45.1 Å². The molecule has 1 fully saturated rings. The molecule has 0 aliphatic carbocycles. The monoisotopic (exact) mass is 464 g/mol. The minimum absolute atomic E-state index is 0.0540. The van der Waals surface area contributed by atoms with Crippen molar-refractivity contribution >= 4 is 11.6 Å². The van der Waals surface area contributed by atoms with E-state index >= 15 is 0 Å². The van der Waals surface area contributed by atoms with Gasteiger partial charge in [0.1, 0.15) is 12.4 Å². The Bertz CT molecular complexity index is 936. The Labute approximate surface area is 190 Å². The summed E-state index contributed by atoms with van der Waals surface area (Å²) < 4.78 is 43.5. The van der Waals surface area contributed by atoms with Crippen molar-refractivity contribution in [3.05, 3.63) is 65.2 Å². The smallest absolute Gasteiger partial charge is 0.416 e. The largest absolute Gasteiger partial charge is 0.484 e. The molecule has 9 heteroatoms. The second kappa shape index (κ2) is 11.2. The molecule has 0 unspecified atom stereocenters. The summed E-state index contributed by atoms with van der Waals surface area (Å²) in [6, 6.07) is 11.9. The van der Waals surface area contributed by atoms with Gasteiger partial charge in [0.25, 0.3) is 5.91 Å². The molecule has 1 N–H and O–H groups in total. The second-order valence-corrected chi connectivity index (χ2v) is 7.78. The first-order valence-electron chi connectivity index (χ1n) is 10.8. The van der Waals surface area contributed by atoms with Gasteiger partial charge in [-0.1, -0.05) is 24.2 Å². The van der Waals surface area contributed by atoms with Crippen LogP contribution in [0.2, 0.25) is 0 Å². The summed E-state index contributed by atoms with van der Waals surface area (Å²) in [7, 11) is 0. The maximum atomic E-state index is 12.6. The normalized spacial score (nSPS) is 15.4. The maximum Gasteiger partial charge on any atom is 0.416 e. The Hall–Kier alpha value is -3.07. The van der Waals surface area contributed by atoms with Crippen molar-refractivity contribution in [1.29, 1.82) is 0 Å². The highest BCUT2D eigenvalue weighted by Crippen LogP contribution is 2.29. The van der Waals surface area contributed by atoms with Crippen LogP contribution in [-0.4, -0.2) is 47.4 Å². The first-order valence-corrected chi connectivity index (χ1v) is 10.8. The summed E-state index contributed by atoms with van der Waals surface area (Å²) in [5.74, 6) is 0.434. The van der Waals surface area contributed by atoms with Gasteiger partial charge in [-0.15, -0.1) is 0 Å². The molecular weight excluding hydrogens is 437 g/mol. The zero-order valence-corrected chi connectivity index (χ0v) is 18.3. The lowest BCUT2D eigenvalue weighted by Gasteiger charge is -2.29. The highest BCUT2D eigenvalue weighted by Gasteiger charge is 2.29. The molecule has 178 valence electrons. The number of piperidine rings is 1. The van der Waals surface area contributed by atoms with Gasteiger partial charge in [-0.2, -0.15) is 13.2 Å². The SMILES string of the molecule is CCC(=NOCc1ccc(C(F)(F)F)cc1)c1ccc(OCC(=O)N2CCC(O)CC2)cc1. The van der Waals surface area contributed by atoms with Crippen LogP contribution < -0.4 is 4.74 Å². The molecule has 0 bridgehead atoms. The fourth-order valence-electron chi connectivity index (χ4n) is 3.39. The van der Waals surface area contributed by atoms with E-state index in [0.29, 0.717) is 49.4 Å². The number of amides is 1. The van der Waals surface area contributed by atoms with Crippen LogP contribution in [0.25, 0.3) is 0 Å². The van der Waals surface area contributed by atoms with E-state index in [9.17, 15) is 23.1 Å². The van der Waals surface area contributed by atoms with E-state index in [0.717, 1.165) is 17.7 Å². The number of halogens is 3. The number of alkyl halides is 3. The summed E-state index contributed by atoms with van der Waals surface area (Å²) in [4.78, 5) is 19.3. The maximum absolute atomic E-state index is 12.6. The number of rotatable bonds is 8. The molecule has 0 radical (unpaired) electrons. The molecule has 0 atom stereocenters. The quantitative estimate of drug-likeness (QED) is 0.465. The molecule has 2 aromatic rings. The van der Waals surface area contributed by atoms with Crippen LogP contribution in [0, 0.1) is 0 Å². The molecule has 0 saturated carbocycles. The van der Waals surface area contributed by atoms with Gasteiger partial charge in [-0.25, -0.2) is 0 Å². The first-order chi connectivity index (χ1) is 15.8. The lowest BCUT2D eigenvalue weighted by atomic mass is 10.1. The molecule has 2 aromatic carbocycles. The minimum Gasteiger partial charge on any atom is -0.484 e. The van der Waals surface area contributed by atoms with Crippen LogP contribution in [0.4, 0.5) is 13.2 Å². The van der Waals surface area contributed by atoms with Gasteiger partial charge in [-0.3, -0.25) is 4.79 Å². The number of hydrogen-bond acceptors (Lipinski definition) is 5. The van der Waals surface area contributed by atoms with E-state index < -0.39 is 11.7 Å². The van der Waals surface area contributed by atoms with E-state index in [-0.39, 0.29) is 25.2 Å². The summed E-state index contributed by atoms with van der Waals surface area (Å²) in [6.07, 6.45) is -2.95. The Morgan fingerprint density at radius 1 is 1.09 bits per heavy atom. The Balaban J connectivity index is 1.50. The van der Waals surface area contributed by atoms with Gasteiger partial charge in [0, 0.05) is 13.1 Å². The Morgan fingerprint density at radius 2 is 1.73 bits per heavy atom. The Morgan fingerprint density at radius 3 is 2.30 bits per heavy atom. The topological polar surface area (TPSA) is 71.4 Å². The van der Waals surface area contributed by atoms with Gasteiger partial charge >= 0.3 is 6.18 Å². The standard InChI is InChI=1S/C24H27F3N2O4/c1-2-22(28-33-15-17-3-7-19(8-4-17)24(25,26)27)18-5-9-21(10-6-18)32-16-23(31)29-13-11-20(30)12-14-29/h3-10,20,30H,2,11-16H2,1H3. The van der Waals surface area contributed by atoms with Crippen LogP contribution in [0.1, 0.15) is 42.9 Å². The van der Waals surface area contributed by atoms with Crippen molar-refractivity contribution in [3.63, 3.8) is 0 Å². The molecule has 1 saturated heterocycles. The fourth-order valence-corrected chi connectivity index (χ4v) is 3.39. The molecule has 0 spiro atoms. The van der Waals surface area contributed by atoms with Crippen molar-refractivity contribution in [1.82, 2.24) is 4.90 Å². The molecule has 1 heterocycles. The van der Waals surface area contributed by atoms with E-state index in [1.54, 1.807) is 29.2 Å². The molecule has 1 aliphatic rings. The zero-order valence-electron chi connectivity index (χ0n) is 18.3. The third kappa shape index (κ3) is 7.21. The minimum atomic E-state index is -4.37. The van der Waals surface area contributed by atoms with Crippen LogP contribution >= 0.6 is 0 Å². The van der Waals surface area contributed by atoms with Crippen molar-refractivity contribution in [3.8, 4) is 5.75 Å². The van der Waals surface area contributed by atoms with Crippen molar-refractivity contribution in [2.75, 3.05) is 19.7 Å². The first kappa shape index (κ1) is 24.6. The molecule has 33 heavy (non-hydrogen) atoms. The van der Waals surface area contributed by atoms with Crippen molar-refractivity contribution < 1.29 is 32.6 Å². The predicted molar refractivity (Wildman–Crippen MR) is 117 cm³/mol. The van der Waals surface area contributed by atoms with Crippen LogP contribution in [0.15, 0.2) is 53.7 Å². The zero-order chi connectivity index (χ0) is 23.8. The van der Waals surface area contributed by atoms with E-state index in [1.165, 1.54) is 12.1 Å². The van der Waals surface area contributed by atoms with Crippen LogP contribution in [-0.2, 0) is 22.4 Å². The van der Waals surface area contributed by atoms with Gasteiger partial charge in [-0.05, 0) is 66.8 Å². The van der Waals surface area contributed by atoms with Crippen molar-refractivity contribution in [2.24, 2.45) is 5.16 Å².